The number of esters is 1. The number of nitrogens with zero attached hydrogens (tertiary/aromatic N) is 3. The Morgan fingerprint density at radius 1 is 1.47 bits per heavy atom. The van der Waals surface area contributed by atoms with Gasteiger partial charge in [0.05, 0.1) is 24.4 Å². The summed E-state index contributed by atoms with van der Waals surface area (Å²) in [6, 6.07) is 0. The number of rotatable bonds is 5. The molecule has 1 heterocycles. The molecule has 0 saturated carbocycles. The molecule has 7 nitrogen and oxygen atoms in total. The minimum absolute atomic E-state index is 0.160. The first-order chi connectivity index (χ1) is 8.88. The molecule has 0 fully saturated rings. The van der Waals surface area contributed by atoms with E-state index in [0.717, 1.165) is 0 Å². The summed E-state index contributed by atoms with van der Waals surface area (Å²) in [5.41, 5.74) is 7.15. The first-order valence-electron chi connectivity index (χ1n) is 6.08. The average Bonchev–Trinajstić information content (AvgIpc) is 2.60. The van der Waals surface area contributed by atoms with E-state index in [9.17, 15) is 9.59 Å². The lowest BCUT2D eigenvalue weighted by Gasteiger charge is -2.17. The zero-order chi connectivity index (χ0) is 14.6. The van der Waals surface area contributed by atoms with Gasteiger partial charge in [-0.05, 0) is 13.8 Å². The molecule has 2 N–H and O–H groups in total. The van der Waals surface area contributed by atoms with Crippen molar-refractivity contribution in [2.45, 2.75) is 20.3 Å². The molecular weight excluding hydrogens is 248 g/mol. The highest BCUT2D eigenvalue weighted by Gasteiger charge is 2.21. The third-order valence-corrected chi connectivity index (χ3v) is 2.77. The van der Waals surface area contributed by atoms with Crippen LogP contribution in [0.15, 0.2) is 0 Å². The van der Waals surface area contributed by atoms with Gasteiger partial charge < -0.3 is 15.4 Å². The van der Waals surface area contributed by atoms with Gasteiger partial charge in [0, 0.05) is 20.6 Å². The van der Waals surface area contributed by atoms with Gasteiger partial charge in [0.2, 0.25) is 0 Å². The number of hydrogen-bond acceptors (Lipinski definition) is 5. The van der Waals surface area contributed by atoms with Crippen LogP contribution < -0.4 is 5.73 Å². The van der Waals surface area contributed by atoms with Gasteiger partial charge in [-0.1, -0.05) is 0 Å². The highest BCUT2D eigenvalue weighted by molar-refractivity contribution is 5.97. The Labute approximate surface area is 112 Å². The largest absolute Gasteiger partial charge is 0.466 e. The SMILES string of the molecule is CCOC(=O)CCN(C)C(=O)c1c(N)c(C)nn1C. The molecule has 0 bridgehead atoms. The summed E-state index contributed by atoms with van der Waals surface area (Å²) >= 11 is 0. The highest BCUT2D eigenvalue weighted by Crippen LogP contribution is 2.16. The van der Waals surface area contributed by atoms with Gasteiger partial charge in [0.1, 0.15) is 5.69 Å². The second-order valence-electron chi connectivity index (χ2n) is 4.25. The van der Waals surface area contributed by atoms with Gasteiger partial charge in [0.25, 0.3) is 5.91 Å². The van der Waals surface area contributed by atoms with Crippen molar-refractivity contribution in [2.24, 2.45) is 7.05 Å². The predicted octanol–water partition coefficient (Wildman–Crippen LogP) is 0.336. The van der Waals surface area contributed by atoms with Crippen LogP contribution in [0.3, 0.4) is 0 Å². The summed E-state index contributed by atoms with van der Waals surface area (Å²) in [5, 5.41) is 4.09. The van der Waals surface area contributed by atoms with Crippen LogP contribution >= 0.6 is 0 Å². The van der Waals surface area contributed by atoms with E-state index < -0.39 is 0 Å². The van der Waals surface area contributed by atoms with Gasteiger partial charge in [-0.15, -0.1) is 0 Å². The van der Waals surface area contributed by atoms with E-state index >= 15 is 0 Å². The molecule has 0 atom stereocenters. The van der Waals surface area contributed by atoms with Crippen molar-refractivity contribution < 1.29 is 14.3 Å². The second kappa shape index (κ2) is 6.21. The first kappa shape index (κ1) is 15.0. The molecule has 0 aliphatic heterocycles. The number of hydrogen-bond donors (Lipinski definition) is 1. The highest BCUT2D eigenvalue weighted by atomic mass is 16.5. The number of aryl methyl sites for hydroxylation is 2. The predicted molar refractivity (Wildman–Crippen MR) is 70.6 cm³/mol. The maximum absolute atomic E-state index is 12.2. The summed E-state index contributed by atoms with van der Waals surface area (Å²) in [6.45, 7) is 4.10. The van der Waals surface area contributed by atoms with E-state index in [1.165, 1.54) is 9.58 Å². The lowest BCUT2D eigenvalue weighted by atomic mass is 10.2. The summed E-state index contributed by atoms with van der Waals surface area (Å²) in [5.74, 6) is -0.582. The Bertz CT molecular complexity index is 482. The molecule has 1 rings (SSSR count). The molecule has 106 valence electrons. The van der Waals surface area contributed by atoms with Crippen LogP contribution in [0.25, 0.3) is 0 Å². The molecule has 0 unspecified atom stereocenters. The van der Waals surface area contributed by atoms with Crippen LogP contribution in [0.2, 0.25) is 0 Å². The van der Waals surface area contributed by atoms with Gasteiger partial charge in [0.15, 0.2) is 0 Å². The summed E-state index contributed by atoms with van der Waals surface area (Å²) in [7, 11) is 3.28. The number of nitrogen functional groups attached to an aromatic ring is 1. The van der Waals surface area contributed by atoms with Crippen LogP contribution in [0, 0.1) is 6.92 Å². The number of carbonyl (C=O) groups is 2. The molecule has 7 heteroatoms. The number of nitrogens with two attached hydrogens (primary N) is 1. The van der Waals surface area contributed by atoms with Crippen molar-refractivity contribution in [1.82, 2.24) is 14.7 Å². The lowest BCUT2D eigenvalue weighted by molar-refractivity contribution is -0.143. The normalized spacial score (nSPS) is 10.3. The van der Waals surface area contributed by atoms with Crippen LogP contribution in [0.1, 0.15) is 29.5 Å². The Balaban J connectivity index is 2.69. The van der Waals surface area contributed by atoms with E-state index in [1.54, 1.807) is 27.9 Å². The molecule has 1 amide bonds. The van der Waals surface area contributed by atoms with Crippen LogP contribution in [-0.2, 0) is 16.6 Å². The fraction of sp³-hybridized carbons (Fsp3) is 0.583. The fourth-order valence-corrected chi connectivity index (χ4v) is 1.70. The molecule has 0 aliphatic carbocycles. The molecule has 0 saturated heterocycles. The first-order valence-corrected chi connectivity index (χ1v) is 6.08. The lowest BCUT2D eigenvalue weighted by Crippen LogP contribution is -2.31. The third-order valence-electron chi connectivity index (χ3n) is 2.77. The quantitative estimate of drug-likeness (QED) is 0.777. The standard InChI is InChI=1S/C12H20N4O3/c1-5-19-9(17)6-7-15(3)12(18)11-10(13)8(2)14-16(11)4/h5-7,13H2,1-4H3. The molecule has 0 spiro atoms. The second-order valence-corrected chi connectivity index (χ2v) is 4.25. The van der Waals surface area contributed by atoms with E-state index in [1.807, 2.05) is 0 Å². The minimum Gasteiger partial charge on any atom is -0.466 e. The van der Waals surface area contributed by atoms with Gasteiger partial charge in [-0.3, -0.25) is 14.3 Å². The van der Waals surface area contributed by atoms with Gasteiger partial charge >= 0.3 is 5.97 Å². The maximum atomic E-state index is 12.2. The smallest absolute Gasteiger partial charge is 0.307 e. The summed E-state index contributed by atoms with van der Waals surface area (Å²) in [4.78, 5) is 24.9. The topological polar surface area (TPSA) is 90.4 Å². The van der Waals surface area contributed by atoms with Gasteiger partial charge in [-0.25, -0.2) is 0 Å². The number of carbonyl (C=O) groups excluding carboxylic acids is 2. The Hall–Kier alpha value is -2.05. The van der Waals surface area contributed by atoms with Crippen molar-refractivity contribution in [3.8, 4) is 0 Å². The fourth-order valence-electron chi connectivity index (χ4n) is 1.70. The zero-order valence-electron chi connectivity index (χ0n) is 11.8. The number of aromatic nitrogens is 2. The molecular formula is C12H20N4O3. The van der Waals surface area contributed by atoms with Crippen molar-refractivity contribution in [3.05, 3.63) is 11.4 Å². The van der Waals surface area contributed by atoms with Crippen molar-refractivity contribution >= 4 is 17.6 Å². The number of anilines is 1. The number of ether oxygens (including phenoxy) is 1. The monoisotopic (exact) mass is 268 g/mol. The minimum atomic E-state index is -0.323. The van der Waals surface area contributed by atoms with E-state index in [2.05, 4.69) is 5.10 Å². The number of amides is 1. The summed E-state index contributed by atoms with van der Waals surface area (Å²) < 4.78 is 6.26. The molecule has 19 heavy (non-hydrogen) atoms. The van der Waals surface area contributed by atoms with Crippen molar-refractivity contribution in [1.29, 1.82) is 0 Å². The molecule has 0 radical (unpaired) electrons. The van der Waals surface area contributed by atoms with Crippen molar-refractivity contribution in [3.63, 3.8) is 0 Å². The third kappa shape index (κ3) is 3.46. The summed E-state index contributed by atoms with van der Waals surface area (Å²) in [6.07, 6.45) is 0.160. The zero-order valence-corrected chi connectivity index (χ0v) is 11.8. The molecule has 0 aromatic carbocycles. The maximum Gasteiger partial charge on any atom is 0.307 e. The van der Waals surface area contributed by atoms with E-state index in [4.69, 9.17) is 10.5 Å². The van der Waals surface area contributed by atoms with Crippen molar-refractivity contribution in [2.75, 3.05) is 25.9 Å². The van der Waals surface area contributed by atoms with E-state index in [-0.39, 0.29) is 24.8 Å². The average molecular weight is 268 g/mol. The molecule has 1 aromatic heterocycles. The Kier molecular flexibility index (Phi) is 4.91. The van der Waals surface area contributed by atoms with Crippen LogP contribution in [0.5, 0.6) is 0 Å². The molecule has 1 aromatic rings. The van der Waals surface area contributed by atoms with Crippen LogP contribution in [-0.4, -0.2) is 46.8 Å². The Morgan fingerprint density at radius 2 is 2.11 bits per heavy atom. The molecule has 0 aliphatic rings. The van der Waals surface area contributed by atoms with Gasteiger partial charge in [-0.2, -0.15) is 5.10 Å². The van der Waals surface area contributed by atoms with Crippen LogP contribution in [0.4, 0.5) is 5.69 Å². The van der Waals surface area contributed by atoms with E-state index in [0.29, 0.717) is 23.7 Å². The Morgan fingerprint density at radius 3 is 2.58 bits per heavy atom.